The van der Waals surface area contributed by atoms with Crippen molar-refractivity contribution in [3.63, 3.8) is 0 Å². The van der Waals surface area contributed by atoms with Gasteiger partial charge in [-0.1, -0.05) is 29.8 Å². The summed E-state index contributed by atoms with van der Waals surface area (Å²) in [7, 11) is -3.59. The number of rotatable bonds is 5. The first-order valence-electron chi connectivity index (χ1n) is 8.50. The number of esters is 1. The second-order valence-electron chi connectivity index (χ2n) is 6.02. The van der Waals surface area contributed by atoms with Gasteiger partial charge in [0, 0.05) is 32.4 Å². The molecule has 28 heavy (non-hydrogen) atoms. The fourth-order valence-electron chi connectivity index (χ4n) is 2.75. The van der Waals surface area contributed by atoms with Gasteiger partial charge in [-0.2, -0.15) is 4.31 Å². The van der Waals surface area contributed by atoms with Crippen LogP contribution in [0.15, 0.2) is 53.6 Å². The highest BCUT2D eigenvalue weighted by atomic mass is 35.5. The van der Waals surface area contributed by atoms with Gasteiger partial charge in [0.2, 0.25) is 10.0 Å². The van der Waals surface area contributed by atoms with Crippen molar-refractivity contribution in [1.29, 1.82) is 0 Å². The Morgan fingerprint density at radius 1 is 1.04 bits per heavy atom. The maximum Gasteiger partial charge on any atom is 0.341 e. The number of carbonyl (C=O) groups excluding carboxylic acids is 2. The summed E-state index contributed by atoms with van der Waals surface area (Å²) in [6.07, 6.45) is 1.44. The molecule has 1 saturated heterocycles. The lowest BCUT2D eigenvalue weighted by atomic mass is 10.3. The van der Waals surface area contributed by atoms with Gasteiger partial charge in [-0.15, -0.1) is 0 Å². The molecule has 0 bridgehead atoms. The first kappa shape index (κ1) is 20.2. The van der Waals surface area contributed by atoms with Crippen LogP contribution in [-0.2, 0) is 19.6 Å². The van der Waals surface area contributed by atoms with Crippen molar-refractivity contribution in [3.05, 3.63) is 59.4 Å². The van der Waals surface area contributed by atoms with Crippen LogP contribution in [0.4, 0.5) is 0 Å². The minimum absolute atomic E-state index is 0.000295. The molecule has 2 aromatic rings. The van der Waals surface area contributed by atoms with E-state index in [0.29, 0.717) is 0 Å². The first-order chi connectivity index (χ1) is 13.4. The van der Waals surface area contributed by atoms with E-state index in [0.717, 1.165) is 0 Å². The molecule has 1 fully saturated rings. The number of pyridine rings is 1. The third-order valence-electron chi connectivity index (χ3n) is 4.28. The van der Waals surface area contributed by atoms with Crippen LogP contribution >= 0.6 is 11.6 Å². The molecule has 0 unspecified atom stereocenters. The summed E-state index contributed by atoms with van der Waals surface area (Å²) >= 11 is 5.82. The lowest BCUT2D eigenvalue weighted by Gasteiger charge is -2.33. The number of halogens is 1. The predicted molar refractivity (Wildman–Crippen MR) is 101 cm³/mol. The number of benzene rings is 1. The lowest BCUT2D eigenvalue weighted by Crippen LogP contribution is -2.51. The molecular weight excluding hydrogens is 406 g/mol. The topological polar surface area (TPSA) is 96.9 Å². The molecule has 1 aliphatic rings. The van der Waals surface area contributed by atoms with E-state index < -0.39 is 28.5 Å². The van der Waals surface area contributed by atoms with Crippen LogP contribution in [0.1, 0.15) is 10.4 Å². The molecule has 10 heteroatoms. The summed E-state index contributed by atoms with van der Waals surface area (Å²) < 4.78 is 31.5. The Morgan fingerprint density at radius 3 is 2.36 bits per heavy atom. The lowest BCUT2D eigenvalue weighted by molar-refractivity contribution is -0.135. The molecule has 0 atom stereocenters. The number of ether oxygens (including phenoxy) is 1. The number of carbonyl (C=O) groups is 2. The molecule has 0 spiro atoms. The maximum atomic E-state index is 12.6. The second-order valence-corrected chi connectivity index (χ2v) is 8.31. The van der Waals surface area contributed by atoms with E-state index in [4.69, 9.17) is 16.3 Å². The van der Waals surface area contributed by atoms with Crippen LogP contribution in [0.2, 0.25) is 5.15 Å². The van der Waals surface area contributed by atoms with E-state index in [1.165, 1.54) is 39.7 Å². The predicted octanol–water partition coefficient (Wildman–Crippen LogP) is 1.42. The van der Waals surface area contributed by atoms with Crippen molar-refractivity contribution < 1.29 is 22.7 Å². The van der Waals surface area contributed by atoms with Crippen molar-refractivity contribution in [3.8, 4) is 0 Å². The highest BCUT2D eigenvalue weighted by Crippen LogP contribution is 2.17. The summed E-state index contributed by atoms with van der Waals surface area (Å²) in [6.45, 7) is 0.332. The molecule has 1 aromatic carbocycles. The Bertz CT molecular complexity index is 960. The van der Waals surface area contributed by atoms with Crippen LogP contribution in [0.5, 0.6) is 0 Å². The molecule has 148 valence electrons. The molecule has 3 rings (SSSR count). The molecule has 0 saturated carbocycles. The van der Waals surface area contributed by atoms with Crippen LogP contribution in [0.25, 0.3) is 0 Å². The van der Waals surface area contributed by atoms with Gasteiger partial charge < -0.3 is 9.64 Å². The highest BCUT2D eigenvalue weighted by molar-refractivity contribution is 7.89. The quantitative estimate of drug-likeness (QED) is 0.533. The zero-order chi connectivity index (χ0) is 20.1. The second kappa shape index (κ2) is 8.68. The van der Waals surface area contributed by atoms with E-state index in [2.05, 4.69) is 4.98 Å². The number of sulfonamides is 1. The zero-order valence-corrected chi connectivity index (χ0v) is 16.4. The van der Waals surface area contributed by atoms with Crippen LogP contribution in [0.3, 0.4) is 0 Å². The summed E-state index contributed by atoms with van der Waals surface area (Å²) in [6, 6.07) is 11.1. The largest absolute Gasteiger partial charge is 0.452 e. The highest BCUT2D eigenvalue weighted by Gasteiger charge is 2.30. The monoisotopic (exact) mass is 423 g/mol. The van der Waals surface area contributed by atoms with Gasteiger partial charge in [0.15, 0.2) is 6.61 Å². The average Bonchev–Trinajstić information content (AvgIpc) is 2.73. The Kier molecular flexibility index (Phi) is 6.28. The van der Waals surface area contributed by atoms with Crippen molar-refractivity contribution in [2.24, 2.45) is 0 Å². The zero-order valence-electron chi connectivity index (χ0n) is 14.8. The summed E-state index contributed by atoms with van der Waals surface area (Å²) in [4.78, 5) is 29.7. The maximum absolute atomic E-state index is 12.6. The van der Waals surface area contributed by atoms with Gasteiger partial charge in [-0.05, 0) is 24.3 Å². The molecule has 8 nitrogen and oxygen atoms in total. The fourth-order valence-corrected chi connectivity index (χ4v) is 4.39. The van der Waals surface area contributed by atoms with Gasteiger partial charge in [0.25, 0.3) is 5.91 Å². The summed E-state index contributed by atoms with van der Waals surface area (Å²) in [5, 5.41) is -0.000295. The number of piperazine rings is 1. The van der Waals surface area contributed by atoms with Gasteiger partial charge >= 0.3 is 5.97 Å². The van der Waals surface area contributed by atoms with Crippen LogP contribution in [0, 0.1) is 0 Å². The van der Waals surface area contributed by atoms with Crippen LogP contribution in [-0.4, -0.2) is 67.3 Å². The van der Waals surface area contributed by atoms with Crippen molar-refractivity contribution in [1.82, 2.24) is 14.2 Å². The van der Waals surface area contributed by atoms with Gasteiger partial charge in [-0.3, -0.25) is 4.79 Å². The third kappa shape index (κ3) is 4.49. The SMILES string of the molecule is O=C(OCC(=O)N1CCN(S(=O)(=O)c2ccccc2)CC1)c1cccnc1Cl. The van der Waals surface area contributed by atoms with E-state index in [-0.39, 0.29) is 41.8 Å². The molecule has 0 radical (unpaired) electrons. The van der Waals surface area contributed by atoms with Crippen LogP contribution < -0.4 is 0 Å². The molecular formula is C18H18ClN3O5S. The standard InChI is InChI=1S/C18H18ClN3O5S/c19-17-15(7-4-8-20-17)18(24)27-13-16(23)21-9-11-22(12-10-21)28(25,26)14-5-2-1-3-6-14/h1-8H,9-13H2. The van der Waals surface area contributed by atoms with E-state index in [1.54, 1.807) is 18.2 Å². The molecule has 1 aromatic heterocycles. The van der Waals surface area contributed by atoms with Gasteiger partial charge in [-0.25, -0.2) is 18.2 Å². The number of nitrogens with zero attached hydrogens (tertiary/aromatic N) is 3. The molecule has 1 aliphatic heterocycles. The Hall–Kier alpha value is -2.49. The molecule has 2 heterocycles. The summed E-state index contributed by atoms with van der Waals surface area (Å²) in [5.74, 6) is -1.14. The minimum Gasteiger partial charge on any atom is -0.452 e. The fraction of sp³-hybridized carbons (Fsp3) is 0.278. The number of hydrogen-bond acceptors (Lipinski definition) is 6. The number of hydrogen-bond donors (Lipinski definition) is 0. The van der Waals surface area contributed by atoms with Crippen molar-refractivity contribution in [2.45, 2.75) is 4.90 Å². The molecule has 0 N–H and O–H groups in total. The third-order valence-corrected chi connectivity index (χ3v) is 6.49. The average molecular weight is 424 g/mol. The van der Waals surface area contributed by atoms with Crippen molar-refractivity contribution >= 4 is 33.5 Å². The molecule has 1 amide bonds. The first-order valence-corrected chi connectivity index (χ1v) is 10.3. The summed E-state index contributed by atoms with van der Waals surface area (Å²) in [5.41, 5.74) is 0.0794. The van der Waals surface area contributed by atoms with E-state index in [1.807, 2.05) is 0 Å². The minimum atomic E-state index is -3.59. The smallest absolute Gasteiger partial charge is 0.341 e. The van der Waals surface area contributed by atoms with Crippen molar-refractivity contribution in [2.75, 3.05) is 32.8 Å². The Balaban J connectivity index is 1.53. The number of aromatic nitrogens is 1. The normalized spacial score (nSPS) is 15.2. The number of amides is 1. The molecule has 0 aliphatic carbocycles. The van der Waals surface area contributed by atoms with E-state index in [9.17, 15) is 18.0 Å². The van der Waals surface area contributed by atoms with Gasteiger partial charge in [0.1, 0.15) is 5.15 Å². The van der Waals surface area contributed by atoms with E-state index >= 15 is 0 Å². The van der Waals surface area contributed by atoms with Gasteiger partial charge in [0.05, 0.1) is 10.5 Å². The Labute approximate surface area is 167 Å². The Morgan fingerprint density at radius 2 is 1.71 bits per heavy atom.